The summed E-state index contributed by atoms with van der Waals surface area (Å²) in [4.78, 5) is 10.5. The Morgan fingerprint density at radius 3 is 3.05 bits per heavy atom. The molecule has 19 heavy (non-hydrogen) atoms. The number of aliphatic hydroxyl groups is 1. The Balaban J connectivity index is 1.75. The minimum Gasteiger partial charge on any atom is -0.396 e. The van der Waals surface area contributed by atoms with Crippen molar-refractivity contribution >= 4 is 11.0 Å². The smallest absolute Gasteiger partial charge is 0.121 e. The summed E-state index contributed by atoms with van der Waals surface area (Å²) < 4.78 is 0. The SMILES string of the molecule is OCCC1CCCCN1Cc1nc2ccccc2[nH]1. The number of aromatic nitrogens is 2. The van der Waals surface area contributed by atoms with Gasteiger partial charge in [0.1, 0.15) is 5.82 Å². The summed E-state index contributed by atoms with van der Waals surface area (Å²) in [5.41, 5.74) is 2.14. The van der Waals surface area contributed by atoms with Crippen molar-refractivity contribution in [1.29, 1.82) is 0 Å². The molecule has 4 heteroatoms. The number of aromatic amines is 1. The van der Waals surface area contributed by atoms with Gasteiger partial charge in [0.05, 0.1) is 17.6 Å². The normalized spacial score (nSPS) is 21.0. The van der Waals surface area contributed by atoms with Crippen LogP contribution in [0.3, 0.4) is 0 Å². The monoisotopic (exact) mass is 259 g/mol. The van der Waals surface area contributed by atoms with Gasteiger partial charge in [0.15, 0.2) is 0 Å². The number of para-hydroxylation sites is 2. The predicted octanol–water partition coefficient (Wildman–Crippen LogP) is 2.30. The lowest BCUT2D eigenvalue weighted by Crippen LogP contribution is -2.39. The van der Waals surface area contributed by atoms with Crippen LogP contribution in [0.15, 0.2) is 24.3 Å². The molecule has 102 valence electrons. The molecule has 0 saturated carbocycles. The molecule has 1 saturated heterocycles. The van der Waals surface area contributed by atoms with Crippen LogP contribution in [0, 0.1) is 0 Å². The molecule has 1 aromatic carbocycles. The van der Waals surface area contributed by atoms with E-state index in [9.17, 15) is 0 Å². The number of rotatable bonds is 4. The summed E-state index contributed by atoms with van der Waals surface area (Å²) >= 11 is 0. The Bertz CT molecular complexity index is 502. The number of nitrogens with zero attached hydrogens (tertiary/aromatic N) is 2. The number of likely N-dealkylation sites (tertiary alicyclic amines) is 1. The van der Waals surface area contributed by atoms with Crippen LogP contribution < -0.4 is 0 Å². The quantitative estimate of drug-likeness (QED) is 0.886. The van der Waals surface area contributed by atoms with E-state index in [1.54, 1.807) is 0 Å². The standard InChI is InChI=1S/C15H21N3O/c19-10-8-12-5-3-4-9-18(12)11-15-16-13-6-1-2-7-14(13)17-15/h1-2,6-7,12,19H,3-5,8-11H2,(H,16,17). The van der Waals surface area contributed by atoms with Crippen LogP contribution in [0.4, 0.5) is 0 Å². The van der Waals surface area contributed by atoms with Crippen molar-refractivity contribution in [3.63, 3.8) is 0 Å². The highest BCUT2D eigenvalue weighted by Crippen LogP contribution is 2.21. The molecule has 1 aliphatic heterocycles. The first-order valence-corrected chi connectivity index (χ1v) is 7.15. The number of piperidine rings is 1. The number of H-pyrrole nitrogens is 1. The van der Waals surface area contributed by atoms with Gasteiger partial charge in [-0.1, -0.05) is 18.6 Å². The van der Waals surface area contributed by atoms with E-state index in [-0.39, 0.29) is 6.61 Å². The fraction of sp³-hybridized carbons (Fsp3) is 0.533. The first-order chi connectivity index (χ1) is 9.36. The summed E-state index contributed by atoms with van der Waals surface area (Å²) in [6.07, 6.45) is 4.60. The zero-order chi connectivity index (χ0) is 13.1. The van der Waals surface area contributed by atoms with Crippen molar-refractivity contribution in [2.75, 3.05) is 13.2 Å². The molecular weight excluding hydrogens is 238 g/mol. The average molecular weight is 259 g/mol. The third-order valence-electron chi connectivity index (χ3n) is 4.00. The van der Waals surface area contributed by atoms with E-state index < -0.39 is 0 Å². The van der Waals surface area contributed by atoms with Gasteiger partial charge in [-0.05, 0) is 37.9 Å². The summed E-state index contributed by atoms with van der Waals surface area (Å²) in [7, 11) is 0. The lowest BCUT2D eigenvalue weighted by atomic mass is 10.00. The summed E-state index contributed by atoms with van der Waals surface area (Å²) in [5, 5.41) is 9.17. The molecule has 0 spiro atoms. The minimum absolute atomic E-state index is 0.279. The first kappa shape index (κ1) is 12.6. The number of fused-ring (bicyclic) bond motifs is 1. The Hall–Kier alpha value is -1.39. The van der Waals surface area contributed by atoms with Crippen LogP contribution in [-0.4, -0.2) is 39.2 Å². The van der Waals surface area contributed by atoms with E-state index in [0.717, 1.165) is 36.4 Å². The molecule has 2 aromatic rings. The van der Waals surface area contributed by atoms with E-state index in [1.807, 2.05) is 18.2 Å². The van der Waals surface area contributed by atoms with Gasteiger partial charge in [0.25, 0.3) is 0 Å². The molecule has 1 aromatic heterocycles. The molecule has 4 nitrogen and oxygen atoms in total. The number of hydrogen-bond donors (Lipinski definition) is 2. The minimum atomic E-state index is 0.279. The molecule has 0 amide bonds. The zero-order valence-electron chi connectivity index (χ0n) is 11.2. The third-order valence-corrected chi connectivity index (χ3v) is 4.00. The van der Waals surface area contributed by atoms with Crippen LogP contribution >= 0.6 is 0 Å². The Morgan fingerprint density at radius 1 is 1.32 bits per heavy atom. The number of imidazole rings is 1. The number of nitrogens with one attached hydrogen (secondary N) is 1. The van der Waals surface area contributed by atoms with Gasteiger partial charge in [0.2, 0.25) is 0 Å². The van der Waals surface area contributed by atoms with Crippen molar-refractivity contribution in [2.24, 2.45) is 0 Å². The molecule has 3 rings (SSSR count). The second-order valence-corrected chi connectivity index (χ2v) is 5.33. The van der Waals surface area contributed by atoms with Gasteiger partial charge < -0.3 is 10.1 Å². The van der Waals surface area contributed by atoms with Crippen molar-refractivity contribution in [1.82, 2.24) is 14.9 Å². The number of hydrogen-bond acceptors (Lipinski definition) is 3. The maximum atomic E-state index is 9.17. The predicted molar refractivity (Wildman–Crippen MR) is 75.8 cm³/mol. The molecule has 1 fully saturated rings. The lowest BCUT2D eigenvalue weighted by molar-refractivity contribution is 0.110. The fourth-order valence-corrected chi connectivity index (χ4v) is 3.02. The largest absolute Gasteiger partial charge is 0.396 e. The van der Waals surface area contributed by atoms with Crippen LogP contribution in [0.25, 0.3) is 11.0 Å². The van der Waals surface area contributed by atoms with Crippen molar-refractivity contribution < 1.29 is 5.11 Å². The average Bonchev–Trinajstić information content (AvgIpc) is 2.83. The highest BCUT2D eigenvalue weighted by atomic mass is 16.3. The zero-order valence-corrected chi connectivity index (χ0v) is 11.2. The van der Waals surface area contributed by atoms with E-state index in [1.165, 1.54) is 19.3 Å². The summed E-state index contributed by atoms with van der Waals surface area (Å²) in [5.74, 6) is 1.03. The fourth-order valence-electron chi connectivity index (χ4n) is 3.02. The maximum absolute atomic E-state index is 9.17. The van der Waals surface area contributed by atoms with E-state index >= 15 is 0 Å². The number of benzene rings is 1. The van der Waals surface area contributed by atoms with E-state index in [2.05, 4.69) is 20.9 Å². The Kier molecular flexibility index (Phi) is 3.80. The van der Waals surface area contributed by atoms with Gasteiger partial charge in [-0.3, -0.25) is 4.90 Å². The first-order valence-electron chi connectivity index (χ1n) is 7.15. The van der Waals surface area contributed by atoms with Crippen LogP contribution in [0.5, 0.6) is 0 Å². The molecule has 1 aliphatic rings. The third kappa shape index (κ3) is 2.80. The molecule has 0 radical (unpaired) electrons. The van der Waals surface area contributed by atoms with Gasteiger partial charge in [-0.15, -0.1) is 0 Å². The molecule has 2 N–H and O–H groups in total. The van der Waals surface area contributed by atoms with Gasteiger partial charge in [-0.2, -0.15) is 0 Å². The second kappa shape index (κ2) is 5.72. The van der Waals surface area contributed by atoms with Gasteiger partial charge in [0, 0.05) is 12.6 Å². The van der Waals surface area contributed by atoms with Gasteiger partial charge in [-0.25, -0.2) is 4.98 Å². The molecule has 1 atom stereocenters. The van der Waals surface area contributed by atoms with Gasteiger partial charge >= 0.3 is 0 Å². The lowest BCUT2D eigenvalue weighted by Gasteiger charge is -2.34. The Labute approximate surface area is 113 Å². The molecular formula is C15H21N3O. The van der Waals surface area contributed by atoms with Crippen molar-refractivity contribution in [3.05, 3.63) is 30.1 Å². The second-order valence-electron chi connectivity index (χ2n) is 5.33. The summed E-state index contributed by atoms with van der Waals surface area (Å²) in [6.45, 7) is 2.25. The summed E-state index contributed by atoms with van der Waals surface area (Å²) in [6, 6.07) is 8.65. The van der Waals surface area contributed by atoms with E-state index in [0.29, 0.717) is 6.04 Å². The Morgan fingerprint density at radius 2 is 2.21 bits per heavy atom. The molecule has 1 unspecified atom stereocenters. The van der Waals surface area contributed by atoms with Crippen LogP contribution in [0.2, 0.25) is 0 Å². The number of aliphatic hydroxyl groups excluding tert-OH is 1. The van der Waals surface area contributed by atoms with Crippen molar-refractivity contribution in [2.45, 2.75) is 38.3 Å². The molecule has 0 aliphatic carbocycles. The van der Waals surface area contributed by atoms with Crippen LogP contribution in [0.1, 0.15) is 31.5 Å². The topological polar surface area (TPSA) is 52.1 Å². The molecule has 0 bridgehead atoms. The van der Waals surface area contributed by atoms with Crippen molar-refractivity contribution in [3.8, 4) is 0 Å². The maximum Gasteiger partial charge on any atom is 0.121 e. The van der Waals surface area contributed by atoms with Crippen LogP contribution in [-0.2, 0) is 6.54 Å². The highest BCUT2D eigenvalue weighted by molar-refractivity contribution is 5.74. The van der Waals surface area contributed by atoms with E-state index in [4.69, 9.17) is 5.11 Å². The highest BCUT2D eigenvalue weighted by Gasteiger charge is 2.22. The molecule has 2 heterocycles.